The quantitative estimate of drug-likeness (QED) is 0.0262. The molecule has 0 aromatic carbocycles. The van der Waals surface area contributed by atoms with Gasteiger partial charge in [-0.2, -0.15) is 0 Å². The Labute approximate surface area is 379 Å². The van der Waals surface area contributed by atoms with E-state index < -0.39 is 6.10 Å². The maximum atomic E-state index is 12.8. The van der Waals surface area contributed by atoms with Crippen LogP contribution in [0.1, 0.15) is 290 Å². The number of carbonyl (C=O) groups excluding carboxylic acids is 3. The van der Waals surface area contributed by atoms with Crippen molar-refractivity contribution in [3.05, 3.63) is 24.3 Å². The van der Waals surface area contributed by atoms with E-state index in [9.17, 15) is 14.4 Å². The molecule has 61 heavy (non-hydrogen) atoms. The highest BCUT2D eigenvalue weighted by molar-refractivity contribution is 5.71. The molecule has 0 radical (unpaired) electrons. The Hall–Kier alpha value is -2.11. The van der Waals surface area contributed by atoms with Gasteiger partial charge >= 0.3 is 17.9 Å². The van der Waals surface area contributed by atoms with Crippen LogP contribution < -0.4 is 0 Å². The van der Waals surface area contributed by atoms with Crippen LogP contribution in [0.15, 0.2) is 24.3 Å². The van der Waals surface area contributed by atoms with Gasteiger partial charge in [0.15, 0.2) is 6.10 Å². The third-order valence-corrected chi connectivity index (χ3v) is 11.9. The third-order valence-electron chi connectivity index (χ3n) is 11.9. The molecule has 0 rings (SSSR count). The van der Waals surface area contributed by atoms with Crippen LogP contribution in [0.2, 0.25) is 0 Å². The first-order valence-electron chi connectivity index (χ1n) is 26.8. The molecule has 0 N–H and O–H groups in total. The molecular weight excluding hydrogens is 757 g/mol. The van der Waals surface area contributed by atoms with Crippen molar-refractivity contribution in [3.63, 3.8) is 0 Å². The Kier molecular flexibility index (Phi) is 48.8. The van der Waals surface area contributed by atoms with Gasteiger partial charge in [0.25, 0.3) is 0 Å². The molecule has 6 nitrogen and oxygen atoms in total. The molecule has 0 aliphatic heterocycles. The van der Waals surface area contributed by atoms with E-state index in [0.29, 0.717) is 19.3 Å². The number of rotatable bonds is 49. The maximum absolute atomic E-state index is 12.8. The summed E-state index contributed by atoms with van der Waals surface area (Å²) in [6.45, 7) is 6.61. The van der Waals surface area contributed by atoms with E-state index in [2.05, 4.69) is 45.1 Å². The van der Waals surface area contributed by atoms with Gasteiger partial charge in [0.1, 0.15) is 13.2 Å². The van der Waals surface area contributed by atoms with Gasteiger partial charge < -0.3 is 14.2 Å². The zero-order chi connectivity index (χ0) is 44.4. The SMILES string of the molecule is CCCCCCCC/C=C\CCCCCCCC(=O)OC(COC(=O)CCCCCCCCC)COC(=O)CCCCCCCCCCC/C=C\CCCCCCCCCC. The first-order valence-corrected chi connectivity index (χ1v) is 26.8. The fourth-order valence-corrected chi connectivity index (χ4v) is 7.84. The number of hydrogen-bond acceptors (Lipinski definition) is 6. The van der Waals surface area contributed by atoms with Crippen LogP contribution in [0.5, 0.6) is 0 Å². The number of carbonyl (C=O) groups is 3. The van der Waals surface area contributed by atoms with Gasteiger partial charge in [0.05, 0.1) is 0 Å². The lowest BCUT2D eigenvalue weighted by molar-refractivity contribution is -0.167. The van der Waals surface area contributed by atoms with E-state index in [-0.39, 0.29) is 31.1 Å². The second-order valence-electron chi connectivity index (χ2n) is 18.1. The lowest BCUT2D eigenvalue weighted by Gasteiger charge is -2.18. The second kappa shape index (κ2) is 50.5. The maximum Gasteiger partial charge on any atom is 0.306 e. The molecule has 1 atom stereocenters. The van der Waals surface area contributed by atoms with E-state index in [4.69, 9.17) is 14.2 Å². The number of hydrogen-bond donors (Lipinski definition) is 0. The van der Waals surface area contributed by atoms with Crippen LogP contribution in [0.25, 0.3) is 0 Å². The molecular formula is C55H102O6. The minimum absolute atomic E-state index is 0.0726. The molecule has 0 bridgehead atoms. The van der Waals surface area contributed by atoms with Crippen LogP contribution in [0.4, 0.5) is 0 Å². The smallest absolute Gasteiger partial charge is 0.306 e. The number of unbranched alkanes of at least 4 members (excludes halogenated alkanes) is 34. The summed E-state index contributed by atoms with van der Waals surface area (Å²) in [4.78, 5) is 37.8. The molecule has 0 spiro atoms. The van der Waals surface area contributed by atoms with Crippen molar-refractivity contribution in [1.82, 2.24) is 0 Å². The normalized spacial score (nSPS) is 12.1. The monoisotopic (exact) mass is 859 g/mol. The zero-order valence-electron chi connectivity index (χ0n) is 40.9. The van der Waals surface area contributed by atoms with Crippen LogP contribution >= 0.6 is 0 Å². The van der Waals surface area contributed by atoms with Gasteiger partial charge in [0, 0.05) is 19.3 Å². The molecule has 0 saturated heterocycles. The summed E-state index contributed by atoms with van der Waals surface area (Å²) < 4.78 is 16.7. The third kappa shape index (κ3) is 48.8. The highest BCUT2D eigenvalue weighted by Gasteiger charge is 2.19. The van der Waals surface area contributed by atoms with Crippen molar-refractivity contribution >= 4 is 17.9 Å². The average molecular weight is 859 g/mol. The topological polar surface area (TPSA) is 78.9 Å². The first-order chi connectivity index (χ1) is 30.0. The second-order valence-corrected chi connectivity index (χ2v) is 18.1. The van der Waals surface area contributed by atoms with Gasteiger partial charge in [0.2, 0.25) is 0 Å². The van der Waals surface area contributed by atoms with Crippen LogP contribution in [-0.2, 0) is 28.6 Å². The number of ether oxygens (including phenoxy) is 3. The lowest BCUT2D eigenvalue weighted by Crippen LogP contribution is -2.30. The highest BCUT2D eigenvalue weighted by atomic mass is 16.6. The van der Waals surface area contributed by atoms with Gasteiger partial charge in [-0.05, 0) is 70.6 Å². The van der Waals surface area contributed by atoms with Gasteiger partial charge in [-0.25, -0.2) is 0 Å². The zero-order valence-corrected chi connectivity index (χ0v) is 40.9. The van der Waals surface area contributed by atoms with Crippen molar-refractivity contribution in [3.8, 4) is 0 Å². The van der Waals surface area contributed by atoms with Crippen molar-refractivity contribution in [2.45, 2.75) is 297 Å². The largest absolute Gasteiger partial charge is 0.462 e. The summed E-state index contributed by atoms with van der Waals surface area (Å²) in [5, 5.41) is 0. The lowest BCUT2D eigenvalue weighted by atomic mass is 10.1. The van der Waals surface area contributed by atoms with Crippen molar-refractivity contribution in [2.24, 2.45) is 0 Å². The summed E-state index contributed by atoms with van der Waals surface area (Å²) in [5.74, 6) is -0.877. The average Bonchev–Trinajstić information content (AvgIpc) is 3.26. The first kappa shape index (κ1) is 58.9. The fourth-order valence-electron chi connectivity index (χ4n) is 7.84. The molecule has 6 heteroatoms. The summed E-state index contributed by atoms with van der Waals surface area (Å²) >= 11 is 0. The van der Waals surface area contributed by atoms with Crippen molar-refractivity contribution < 1.29 is 28.6 Å². The Morgan fingerprint density at radius 2 is 0.541 bits per heavy atom. The summed E-state index contributed by atoms with van der Waals surface area (Å²) in [6.07, 6.45) is 57.5. The summed E-state index contributed by atoms with van der Waals surface area (Å²) in [7, 11) is 0. The Bertz CT molecular complexity index is 989. The summed E-state index contributed by atoms with van der Waals surface area (Å²) in [6, 6.07) is 0. The Balaban J connectivity index is 4.19. The van der Waals surface area contributed by atoms with Gasteiger partial charge in [-0.1, -0.05) is 225 Å². The van der Waals surface area contributed by atoms with E-state index in [1.807, 2.05) is 0 Å². The van der Waals surface area contributed by atoms with E-state index in [1.165, 1.54) is 186 Å². The fraction of sp³-hybridized carbons (Fsp3) is 0.873. The molecule has 358 valence electrons. The van der Waals surface area contributed by atoms with E-state index in [0.717, 1.165) is 64.2 Å². The van der Waals surface area contributed by atoms with Crippen LogP contribution in [0.3, 0.4) is 0 Å². The molecule has 0 aromatic heterocycles. The van der Waals surface area contributed by atoms with E-state index in [1.54, 1.807) is 0 Å². The van der Waals surface area contributed by atoms with Gasteiger partial charge in [-0.15, -0.1) is 0 Å². The summed E-state index contributed by atoms with van der Waals surface area (Å²) in [5.41, 5.74) is 0. The van der Waals surface area contributed by atoms with Crippen molar-refractivity contribution in [2.75, 3.05) is 13.2 Å². The standard InChI is InChI=1S/C55H102O6/c1-4-7-10-13-16-18-20-22-24-25-26-27-28-29-31-32-34-36-39-42-45-48-54(57)60-51-52(50-59-53(56)47-44-41-38-15-12-9-6-3)61-55(58)49-46-43-40-37-35-33-30-23-21-19-17-14-11-8-5-2/h23,25-26,30,52H,4-22,24,27-29,31-51H2,1-3H3/b26-25-,30-23-. The predicted octanol–water partition coefficient (Wildman–Crippen LogP) is 17.5. The molecule has 0 heterocycles. The predicted molar refractivity (Wildman–Crippen MR) is 261 cm³/mol. The highest BCUT2D eigenvalue weighted by Crippen LogP contribution is 2.15. The molecule has 0 amide bonds. The Morgan fingerprint density at radius 1 is 0.311 bits per heavy atom. The molecule has 0 aromatic rings. The van der Waals surface area contributed by atoms with E-state index >= 15 is 0 Å². The van der Waals surface area contributed by atoms with Crippen LogP contribution in [0, 0.1) is 0 Å². The number of esters is 3. The Morgan fingerprint density at radius 3 is 0.820 bits per heavy atom. The molecule has 0 aliphatic carbocycles. The van der Waals surface area contributed by atoms with Gasteiger partial charge in [-0.3, -0.25) is 14.4 Å². The minimum atomic E-state index is -0.770. The number of allylic oxidation sites excluding steroid dienone is 4. The minimum Gasteiger partial charge on any atom is -0.462 e. The molecule has 1 unspecified atom stereocenters. The van der Waals surface area contributed by atoms with Crippen LogP contribution in [-0.4, -0.2) is 37.2 Å². The molecule has 0 aliphatic rings. The van der Waals surface area contributed by atoms with Crippen molar-refractivity contribution in [1.29, 1.82) is 0 Å². The molecule has 0 fully saturated rings. The molecule has 0 saturated carbocycles.